The number of oxime groups is 1. The molecule has 0 saturated carbocycles. The third-order valence-electron chi connectivity index (χ3n) is 3.32. The number of rotatable bonds is 7. The second kappa shape index (κ2) is 9.05. The van der Waals surface area contributed by atoms with Crippen LogP contribution in [0.2, 0.25) is 0 Å². The van der Waals surface area contributed by atoms with Crippen molar-refractivity contribution < 1.29 is 14.4 Å². The zero-order chi connectivity index (χ0) is 19.2. The molecule has 2 aromatic rings. The summed E-state index contributed by atoms with van der Waals surface area (Å²) in [5.41, 5.74) is -1.28. The molecule has 26 heavy (non-hydrogen) atoms. The number of hydrogen-bond acceptors (Lipinski definition) is 7. The number of thioether (sulfide) groups is 1. The average Bonchev–Trinajstić information content (AvgIpc) is 2.63. The number of nitriles is 1. The predicted octanol–water partition coefficient (Wildman–Crippen LogP) is 2.94. The Balaban J connectivity index is 2.16. The average molecular weight is 484 g/mol. The molecule has 0 saturated heterocycles. The van der Waals surface area contributed by atoms with Gasteiger partial charge in [0, 0.05) is 15.2 Å². The molecule has 0 aliphatic carbocycles. The summed E-state index contributed by atoms with van der Waals surface area (Å²) in [6.07, 6.45) is 4.76. The number of amides is 1. The van der Waals surface area contributed by atoms with Gasteiger partial charge in [-0.3, -0.25) is 9.78 Å². The molecule has 1 N–H and O–H groups in total. The second-order valence-electron chi connectivity index (χ2n) is 5.41. The topological polar surface area (TPSA) is 96.6 Å². The molecule has 0 aliphatic rings. The number of nitrogens with one attached hydrogen (secondary N) is 1. The Morgan fingerprint density at radius 1 is 1.54 bits per heavy atom. The fourth-order valence-corrected chi connectivity index (χ4v) is 3.01. The van der Waals surface area contributed by atoms with Crippen LogP contribution in [-0.4, -0.2) is 41.4 Å². The first-order valence-corrected chi connectivity index (χ1v) is 9.83. The van der Waals surface area contributed by atoms with Crippen LogP contribution in [0.1, 0.15) is 6.92 Å². The maximum absolute atomic E-state index is 12.5. The molecule has 7 nitrogen and oxygen atoms in total. The fraction of sp³-hybridized carbons (Fsp3) is 0.294. The van der Waals surface area contributed by atoms with E-state index in [9.17, 15) is 10.1 Å². The van der Waals surface area contributed by atoms with E-state index in [1.165, 1.54) is 32.0 Å². The number of aromatic nitrogens is 1. The minimum Gasteiger partial charge on any atom is -0.470 e. The first kappa shape index (κ1) is 20.3. The van der Waals surface area contributed by atoms with Gasteiger partial charge in [0.05, 0.1) is 17.8 Å². The van der Waals surface area contributed by atoms with Gasteiger partial charge in [0.15, 0.2) is 5.54 Å². The molecular weight excluding hydrogens is 467 g/mol. The standard InChI is InChI=1S/C17H17IN4O3S/c1-17(9-19,10-21-24-2)22-15(23)16(26-3)25-13-4-5-14-11(7-13)6-12(18)8-20-14/h4-8,10,16H,1-3H3,(H,22,23). The van der Waals surface area contributed by atoms with Crippen molar-refractivity contribution in [3.8, 4) is 11.8 Å². The van der Waals surface area contributed by atoms with Gasteiger partial charge in [-0.15, -0.1) is 11.8 Å². The third-order valence-corrected chi connectivity index (χ3v) is 4.65. The molecule has 0 spiro atoms. The van der Waals surface area contributed by atoms with Crippen LogP contribution >= 0.6 is 34.4 Å². The van der Waals surface area contributed by atoms with Gasteiger partial charge >= 0.3 is 0 Å². The van der Waals surface area contributed by atoms with Crippen molar-refractivity contribution in [2.24, 2.45) is 5.16 Å². The highest BCUT2D eigenvalue weighted by Crippen LogP contribution is 2.24. The number of nitrogens with zero attached hydrogens (tertiary/aromatic N) is 3. The number of carbonyl (C=O) groups is 1. The molecule has 1 aromatic carbocycles. The highest BCUT2D eigenvalue weighted by atomic mass is 127. The minimum absolute atomic E-state index is 0.440. The molecule has 136 valence electrons. The molecule has 1 amide bonds. The van der Waals surface area contributed by atoms with Gasteiger partial charge in [0.2, 0.25) is 5.44 Å². The van der Waals surface area contributed by atoms with E-state index in [0.29, 0.717) is 5.75 Å². The van der Waals surface area contributed by atoms with Crippen LogP contribution < -0.4 is 10.1 Å². The van der Waals surface area contributed by atoms with E-state index in [0.717, 1.165) is 14.5 Å². The van der Waals surface area contributed by atoms with E-state index >= 15 is 0 Å². The Morgan fingerprint density at radius 3 is 2.96 bits per heavy atom. The molecule has 0 aliphatic heterocycles. The summed E-state index contributed by atoms with van der Waals surface area (Å²) >= 11 is 3.41. The summed E-state index contributed by atoms with van der Waals surface area (Å²) in [5.74, 6) is 0.102. The normalized spacial score (nSPS) is 14.4. The molecule has 2 rings (SSSR count). The molecule has 1 heterocycles. The third kappa shape index (κ3) is 5.22. The summed E-state index contributed by atoms with van der Waals surface area (Å²) in [4.78, 5) is 21.4. The van der Waals surface area contributed by atoms with Crippen molar-refractivity contribution in [3.05, 3.63) is 34.0 Å². The van der Waals surface area contributed by atoms with Crippen molar-refractivity contribution in [2.75, 3.05) is 13.4 Å². The Kier molecular flexibility index (Phi) is 7.05. The van der Waals surface area contributed by atoms with Gasteiger partial charge in [-0.1, -0.05) is 5.16 Å². The highest BCUT2D eigenvalue weighted by Gasteiger charge is 2.29. The van der Waals surface area contributed by atoms with Gasteiger partial charge in [0.25, 0.3) is 5.91 Å². The molecule has 9 heteroatoms. The summed E-state index contributed by atoms with van der Waals surface area (Å²) < 4.78 is 6.81. The van der Waals surface area contributed by atoms with Crippen molar-refractivity contribution >= 4 is 57.4 Å². The van der Waals surface area contributed by atoms with E-state index < -0.39 is 16.9 Å². The lowest BCUT2D eigenvalue weighted by atomic mass is 10.1. The van der Waals surface area contributed by atoms with E-state index in [1.807, 2.05) is 24.3 Å². The van der Waals surface area contributed by atoms with Crippen molar-refractivity contribution in [2.45, 2.75) is 17.9 Å². The molecule has 2 atom stereocenters. The van der Waals surface area contributed by atoms with Gasteiger partial charge in [0.1, 0.15) is 12.9 Å². The number of fused-ring (bicyclic) bond motifs is 1. The number of benzene rings is 1. The smallest absolute Gasteiger partial charge is 0.273 e. The van der Waals surface area contributed by atoms with E-state index in [4.69, 9.17) is 4.74 Å². The van der Waals surface area contributed by atoms with Gasteiger partial charge < -0.3 is 14.9 Å². The van der Waals surface area contributed by atoms with Gasteiger partial charge in [-0.05, 0) is 60.0 Å². The predicted molar refractivity (Wildman–Crippen MR) is 110 cm³/mol. The number of pyridine rings is 1. The lowest BCUT2D eigenvalue weighted by Crippen LogP contribution is -2.50. The number of ether oxygens (including phenoxy) is 1. The number of hydrogen-bond donors (Lipinski definition) is 1. The van der Waals surface area contributed by atoms with Crippen LogP contribution in [0.5, 0.6) is 5.75 Å². The van der Waals surface area contributed by atoms with Crippen molar-refractivity contribution in [1.82, 2.24) is 10.3 Å². The lowest BCUT2D eigenvalue weighted by Gasteiger charge is -2.22. The lowest BCUT2D eigenvalue weighted by molar-refractivity contribution is -0.125. The Hall–Kier alpha value is -2.06. The Morgan fingerprint density at radius 2 is 2.31 bits per heavy atom. The minimum atomic E-state index is -1.30. The summed E-state index contributed by atoms with van der Waals surface area (Å²) in [6, 6.07) is 9.39. The summed E-state index contributed by atoms with van der Waals surface area (Å²) in [5, 5.41) is 16.4. The SMILES string of the molecule is CON=CC(C)(C#N)NC(=O)C(Oc1ccc2ncc(I)cc2c1)SC. The van der Waals surface area contributed by atoms with E-state index in [2.05, 4.69) is 42.9 Å². The number of halogens is 1. The fourth-order valence-electron chi connectivity index (χ4n) is 2.05. The summed E-state index contributed by atoms with van der Waals surface area (Å²) in [7, 11) is 1.36. The van der Waals surface area contributed by atoms with Gasteiger partial charge in [-0.2, -0.15) is 5.26 Å². The summed E-state index contributed by atoms with van der Waals surface area (Å²) in [6.45, 7) is 1.52. The van der Waals surface area contributed by atoms with E-state index in [1.54, 1.807) is 18.5 Å². The second-order valence-corrected chi connectivity index (χ2v) is 7.56. The van der Waals surface area contributed by atoms with Gasteiger partial charge in [-0.25, -0.2) is 0 Å². The molecule has 2 unspecified atom stereocenters. The van der Waals surface area contributed by atoms with Crippen LogP contribution in [0.25, 0.3) is 10.9 Å². The van der Waals surface area contributed by atoms with E-state index in [-0.39, 0.29) is 0 Å². The Labute approximate surface area is 169 Å². The first-order valence-electron chi connectivity index (χ1n) is 7.46. The maximum atomic E-state index is 12.5. The van der Waals surface area contributed by atoms with Crippen LogP contribution in [0.15, 0.2) is 35.6 Å². The quantitative estimate of drug-likeness (QED) is 0.281. The van der Waals surface area contributed by atoms with Crippen LogP contribution in [-0.2, 0) is 9.63 Å². The van der Waals surface area contributed by atoms with Crippen LogP contribution in [0.3, 0.4) is 0 Å². The molecule has 0 radical (unpaired) electrons. The highest BCUT2D eigenvalue weighted by molar-refractivity contribution is 14.1. The largest absolute Gasteiger partial charge is 0.470 e. The molecule has 1 aromatic heterocycles. The van der Waals surface area contributed by atoms with Crippen LogP contribution in [0.4, 0.5) is 0 Å². The maximum Gasteiger partial charge on any atom is 0.273 e. The van der Waals surface area contributed by atoms with Crippen molar-refractivity contribution in [3.63, 3.8) is 0 Å². The number of carbonyl (C=O) groups excluding carboxylic acids is 1. The van der Waals surface area contributed by atoms with Crippen molar-refractivity contribution in [1.29, 1.82) is 5.26 Å². The monoisotopic (exact) mass is 484 g/mol. The molecular formula is C17H17IN4O3S. The zero-order valence-electron chi connectivity index (χ0n) is 14.4. The Bertz CT molecular complexity index is 871. The zero-order valence-corrected chi connectivity index (χ0v) is 17.4. The molecule has 0 fully saturated rings. The van der Waals surface area contributed by atoms with Crippen LogP contribution in [0, 0.1) is 14.9 Å². The molecule has 0 bridgehead atoms. The first-order chi connectivity index (χ1) is 12.4.